The molecule has 3 heterocycles. The van der Waals surface area contributed by atoms with E-state index in [9.17, 15) is 9.46 Å². The van der Waals surface area contributed by atoms with Gasteiger partial charge in [0.2, 0.25) is 0 Å². The van der Waals surface area contributed by atoms with Gasteiger partial charge in [-0.05, 0) is 32.6 Å². The summed E-state index contributed by atoms with van der Waals surface area (Å²) in [5.74, 6) is 0.282. The maximum Gasteiger partial charge on any atom is 0.473 e. The lowest BCUT2D eigenvalue weighted by atomic mass is 9.87. The first kappa shape index (κ1) is 22.1. The molecule has 10 nitrogen and oxygen atoms in total. The van der Waals surface area contributed by atoms with Crippen LogP contribution in [-0.4, -0.2) is 42.2 Å². The van der Waals surface area contributed by atoms with E-state index in [0.717, 1.165) is 0 Å². The topological polar surface area (TPSA) is 135 Å². The Morgan fingerprint density at radius 1 is 1.28 bits per heavy atom. The normalized spacial score (nSPS) is 25.4. The van der Waals surface area contributed by atoms with Crippen LogP contribution >= 0.6 is 7.82 Å². The number of nitrogen functional groups attached to an aromatic ring is 1. The van der Waals surface area contributed by atoms with E-state index in [1.54, 1.807) is 31.7 Å². The highest BCUT2D eigenvalue weighted by Gasteiger charge is 2.44. The monoisotopic (exact) mass is 427 g/mol. The third-order valence-electron chi connectivity index (χ3n) is 4.35. The number of aromatic nitrogens is 4. The second kappa shape index (κ2) is 7.59. The van der Waals surface area contributed by atoms with Crippen LogP contribution < -0.4 is 5.73 Å². The van der Waals surface area contributed by atoms with Crippen LogP contribution in [0.4, 0.5) is 5.82 Å². The molecule has 1 aliphatic rings. The Morgan fingerprint density at radius 3 is 2.59 bits per heavy atom. The average Bonchev–Trinajstić information content (AvgIpc) is 3.08. The molecule has 1 aliphatic heterocycles. The number of phosphoric acid groups is 1. The minimum absolute atomic E-state index is 0.0743. The first-order chi connectivity index (χ1) is 13.2. The van der Waals surface area contributed by atoms with Crippen LogP contribution in [0.5, 0.6) is 0 Å². The van der Waals surface area contributed by atoms with Crippen LogP contribution in [0, 0.1) is 5.41 Å². The Hall–Kier alpha value is -1.58. The molecule has 3 N–H and O–H groups in total. The fourth-order valence-electron chi connectivity index (χ4n) is 3.39. The molecule has 11 heteroatoms. The molecule has 0 aromatic carbocycles. The Labute approximate surface area is 170 Å². The van der Waals surface area contributed by atoms with Crippen LogP contribution in [0.3, 0.4) is 0 Å². The lowest BCUT2D eigenvalue weighted by Crippen LogP contribution is -2.29. The number of fused-ring (bicyclic) bond motifs is 1. The summed E-state index contributed by atoms with van der Waals surface area (Å²) in [6.07, 6.45) is 2.42. The largest absolute Gasteiger partial charge is 0.473 e. The molecule has 29 heavy (non-hydrogen) atoms. The number of hydrogen-bond donors (Lipinski definition) is 2. The van der Waals surface area contributed by atoms with Gasteiger partial charge in [-0.15, -0.1) is 0 Å². The summed E-state index contributed by atoms with van der Waals surface area (Å²) < 4.78 is 31.3. The molecule has 0 aliphatic carbocycles. The van der Waals surface area contributed by atoms with Gasteiger partial charge >= 0.3 is 7.82 Å². The van der Waals surface area contributed by atoms with Crippen molar-refractivity contribution in [1.82, 2.24) is 19.5 Å². The summed E-state index contributed by atoms with van der Waals surface area (Å²) in [4.78, 5) is 22.7. The zero-order chi connectivity index (χ0) is 21.6. The van der Waals surface area contributed by atoms with Gasteiger partial charge in [-0.3, -0.25) is 13.6 Å². The number of ether oxygens (including phenoxy) is 1. The number of hydrogen-bond acceptors (Lipinski definition) is 8. The lowest BCUT2D eigenvalue weighted by molar-refractivity contribution is -0.0402. The zero-order valence-corrected chi connectivity index (χ0v) is 18.6. The molecule has 1 saturated heterocycles. The van der Waals surface area contributed by atoms with Crippen molar-refractivity contribution >= 4 is 24.8 Å². The molecule has 0 saturated carbocycles. The first-order valence-electron chi connectivity index (χ1n) is 9.54. The lowest BCUT2D eigenvalue weighted by Gasteiger charge is -2.29. The van der Waals surface area contributed by atoms with Gasteiger partial charge in [-0.1, -0.05) is 20.8 Å². The van der Waals surface area contributed by atoms with E-state index >= 15 is 0 Å². The average molecular weight is 427 g/mol. The minimum atomic E-state index is -4.28. The Morgan fingerprint density at radius 2 is 1.97 bits per heavy atom. The molecule has 0 amide bonds. The number of imidazole rings is 1. The summed E-state index contributed by atoms with van der Waals surface area (Å²) in [6.45, 7) is 11.3. The van der Waals surface area contributed by atoms with Crippen molar-refractivity contribution in [2.75, 3.05) is 5.73 Å². The molecule has 3 rings (SSSR count). The molecule has 0 bridgehead atoms. The molecular formula is C18H30N5O5P. The molecule has 4 atom stereocenters. The van der Waals surface area contributed by atoms with Crippen molar-refractivity contribution in [1.29, 1.82) is 0 Å². The fraction of sp³-hybridized carbons (Fsp3) is 0.722. The third-order valence-corrected chi connectivity index (χ3v) is 5.66. The van der Waals surface area contributed by atoms with E-state index < -0.39 is 31.9 Å². The molecule has 2 aromatic heterocycles. The molecule has 162 valence electrons. The summed E-state index contributed by atoms with van der Waals surface area (Å²) in [7, 11) is -4.28. The van der Waals surface area contributed by atoms with Crippen LogP contribution in [0.15, 0.2) is 12.7 Å². The molecular weight excluding hydrogens is 397 g/mol. The Bertz CT molecular complexity index is 919. The Kier molecular flexibility index (Phi) is 5.79. The van der Waals surface area contributed by atoms with Gasteiger partial charge in [0.05, 0.1) is 24.1 Å². The highest BCUT2D eigenvalue weighted by Crippen LogP contribution is 2.52. The third kappa shape index (κ3) is 5.52. The maximum atomic E-state index is 12.5. The predicted octanol–water partition coefficient (Wildman–Crippen LogP) is 3.43. The number of nitrogens with zero attached hydrogens (tertiary/aromatic N) is 4. The van der Waals surface area contributed by atoms with Gasteiger partial charge in [0, 0.05) is 6.42 Å². The van der Waals surface area contributed by atoms with Gasteiger partial charge in [-0.2, -0.15) is 0 Å². The van der Waals surface area contributed by atoms with Gasteiger partial charge in [-0.25, -0.2) is 19.5 Å². The van der Waals surface area contributed by atoms with E-state index in [2.05, 4.69) is 35.7 Å². The predicted molar refractivity (Wildman–Crippen MR) is 108 cm³/mol. The van der Waals surface area contributed by atoms with Crippen LogP contribution in [0.2, 0.25) is 0 Å². The van der Waals surface area contributed by atoms with Crippen LogP contribution in [0.25, 0.3) is 11.2 Å². The van der Waals surface area contributed by atoms with Gasteiger partial charge in [0.25, 0.3) is 0 Å². The quantitative estimate of drug-likeness (QED) is 0.688. The SMILES string of the molecule is CC(C)(C)C[C@H]1O[C@@H](n2cnc3c(N)ncnc32)C[C@H]1OP(=O)(O)OC(C)(C)C. The van der Waals surface area contributed by atoms with E-state index in [0.29, 0.717) is 24.0 Å². The summed E-state index contributed by atoms with van der Waals surface area (Å²) in [5.41, 5.74) is 5.99. The number of nitrogens with two attached hydrogens (primary N) is 1. The van der Waals surface area contributed by atoms with E-state index in [1.165, 1.54) is 6.33 Å². The van der Waals surface area contributed by atoms with Crippen molar-refractivity contribution in [2.45, 2.75) is 78.4 Å². The highest BCUT2D eigenvalue weighted by molar-refractivity contribution is 7.47. The highest BCUT2D eigenvalue weighted by atomic mass is 31.2. The van der Waals surface area contributed by atoms with Crippen molar-refractivity contribution in [3.05, 3.63) is 12.7 Å². The fourth-order valence-corrected chi connectivity index (χ4v) is 4.69. The van der Waals surface area contributed by atoms with E-state index in [4.69, 9.17) is 19.5 Å². The van der Waals surface area contributed by atoms with Crippen molar-refractivity contribution in [2.24, 2.45) is 5.41 Å². The summed E-state index contributed by atoms with van der Waals surface area (Å²) in [5, 5.41) is 0. The molecule has 2 aromatic rings. The minimum Gasteiger partial charge on any atom is -0.382 e. The summed E-state index contributed by atoms with van der Waals surface area (Å²) in [6, 6.07) is 0. The maximum absolute atomic E-state index is 12.5. The summed E-state index contributed by atoms with van der Waals surface area (Å²) >= 11 is 0. The van der Waals surface area contributed by atoms with Crippen LogP contribution in [-0.2, 0) is 18.3 Å². The van der Waals surface area contributed by atoms with Gasteiger partial charge < -0.3 is 15.4 Å². The van der Waals surface area contributed by atoms with Gasteiger partial charge in [0.1, 0.15) is 18.1 Å². The number of rotatable bonds is 5. The number of phosphoric ester groups is 1. The zero-order valence-electron chi connectivity index (χ0n) is 17.7. The Balaban J connectivity index is 1.87. The van der Waals surface area contributed by atoms with Crippen molar-refractivity contribution < 1.29 is 23.2 Å². The van der Waals surface area contributed by atoms with Crippen LogP contribution in [0.1, 0.15) is 60.6 Å². The van der Waals surface area contributed by atoms with Crippen molar-refractivity contribution in [3.8, 4) is 0 Å². The second-order valence-corrected chi connectivity index (χ2v) is 10.9. The number of anilines is 1. The smallest absolute Gasteiger partial charge is 0.382 e. The van der Waals surface area contributed by atoms with E-state index in [1.807, 2.05) is 0 Å². The second-order valence-electron chi connectivity index (χ2n) is 9.53. The molecule has 1 fully saturated rings. The standard InChI is InChI=1S/C18H30N5O5P/c1-17(2,3)8-12-11(27-29(24,25)28-18(4,5)6)7-13(26-12)23-10-22-14-15(19)20-9-21-16(14)23/h9-13H,7-8H2,1-6H3,(H,24,25)(H2,19,20,21)/t11-,12-,13-/m1/s1. The van der Waals surface area contributed by atoms with E-state index in [-0.39, 0.29) is 11.2 Å². The molecule has 1 unspecified atom stereocenters. The molecule has 0 radical (unpaired) electrons. The van der Waals surface area contributed by atoms with Crippen molar-refractivity contribution in [3.63, 3.8) is 0 Å². The van der Waals surface area contributed by atoms with Gasteiger partial charge in [0.15, 0.2) is 11.5 Å². The molecule has 0 spiro atoms. The first-order valence-corrected chi connectivity index (χ1v) is 11.0.